The molecule has 0 aliphatic heterocycles. The minimum absolute atomic E-state index is 0.00671. The van der Waals surface area contributed by atoms with Crippen molar-refractivity contribution in [2.75, 3.05) is 0 Å². The lowest BCUT2D eigenvalue weighted by Gasteiger charge is -1.98. The van der Waals surface area contributed by atoms with Crippen molar-refractivity contribution < 1.29 is 14.3 Å². The number of pyridine rings is 1. The van der Waals surface area contributed by atoms with Crippen LogP contribution in [0.2, 0.25) is 0 Å². The van der Waals surface area contributed by atoms with E-state index in [-0.39, 0.29) is 24.2 Å². The molecule has 2 aromatic heterocycles. The summed E-state index contributed by atoms with van der Waals surface area (Å²) in [7, 11) is 0. The van der Waals surface area contributed by atoms with Gasteiger partial charge in [-0.2, -0.15) is 5.26 Å². The Balaban J connectivity index is 2.66. The molecule has 86 valence electrons. The first-order valence-electron chi connectivity index (χ1n) is 4.86. The van der Waals surface area contributed by atoms with Crippen molar-refractivity contribution in [3.05, 3.63) is 35.5 Å². The summed E-state index contributed by atoms with van der Waals surface area (Å²) in [6, 6.07) is 4.64. The van der Waals surface area contributed by atoms with E-state index >= 15 is 0 Å². The molecule has 0 aliphatic rings. The van der Waals surface area contributed by atoms with Gasteiger partial charge in [-0.3, -0.25) is 4.79 Å². The van der Waals surface area contributed by atoms with Gasteiger partial charge in [0.25, 0.3) is 0 Å². The molecule has 2 rings (SSSR count). The monoisotopic (exact) mass is 233 g/mol. The highest BCUT2D eigenvalue weighted by atomic mass is 19.1. The molecule has 0 saturated carbocycles. The fourth-order valence-electron chi connectivity index (χ4n) is 1.68. The van der Waals surface area contributed by atoms with Crippen LogP contribution >= 0.6 is 0 Å². The van der Waals surface area contributed by atoms with Gasteiger partial charge in [0.2, 0.25) is 0 Å². The van der Waals surface area contributed by atoms with Crippen LogP contribution in [0, 0.1) is 17.1 Å². The van der Waals surface area contributed by atoms with Crippen LogP contribution in [0.5, 0.6) is 0 Å². The van der Waals surface area contributed by atoms with E-state index in [9.17, 15) is 9.18 Å². The smallest absolute Gasteiger partial charge is 0.309 e. The van der Waals surface area contributed by atoms with E-state index in [1.54, 1.807) is 6.20 Å². The van der Waals surface area contributed by atoms with Crippen molar-refractivity contribution in [2.24, 2.45) is 0 Å². The molecule has 0 unspecified atom stereocenters. The maximum atomic E-state index is 13.4. The summed E-state index contributed by atoms with van der Waals surface area (Å²) < 4.78 is 14.9. The maximum Gasteiger partial charge on any atom is 0.309 e. The molecule has 0 aliphatic carbocycles. The number of hydrogen-bond acceptors (Lipinski definition) is 3. The van der Waals surface area contributed by atoms with Crippen LogP contribution in [0.25, 0.3) is 5.65 Å². The van der Waals surface area contributed by atoms with Crippen LogP contribution in [-0.2, 0) is 17.6 Å². The van der Waals surface area contributed by atoms with Crippen LogP contribution in [0.15, 0.2) is 18.3 Å². The van der Waals surface area contributed by atoms with Crippen LogP contribution in [0.1, 0.15) is 11.4 Å². The molecule has 6 heteroatoms. The molecule has 0 aromatic carbocycles. The Morgan fingerprint density at radius 2 is 2.41 bits per heavy atom. The van der Waals surface area contributed by atoms with Crippen molar-refractivity contribution in [2.45, 2.75) is 12.8 Å². The number of aromatic nitrogens is 2. The van der Waals surface area contributed by atoms with Crippen LogP contribution in [0.3, 0.4) is 0 Å². The number of nitrogens with zero attached hydrogens (tertiary/aromatic N) is 3. The lowest BCUT2D eigenvalue weighted by molar-refractivity contribution is -0.136. The summed E-state index contributed by atoms with van der Waals surface area (Å²) in [6.45, 7) is 0. The molecular formula is C11H8FN3O2. The number of halogens is 1. The number of carboxylic acid groups (broad SMARTS) is 1. The maximum absolute atomic E-state index is 13.4. The molecule has 2 heterocycles. The zero-order chi connectivity index (χ0) is 12.4. The zero-order valence-corrected chi connectivity index (χ0v) is 8.72. The summed E-state index contributed by atoms with van der Waals surface area (Å²) in [5.74, 6) is -1.60. The average Bonchev–Trinajstić information content (AvgIpc) is 2.59. The minimum atomic E-state index is -1.06. The highest BCUT2D eigenvalue weighted by Gasteiger charge is 2.16. The Kier molecular flexibility index (Phi) is 2.75. The van der Waals surface area contributed by atoms with Crippen LogP contribution in [-0.4, -0.2) is 20.5 Å². The van der Waals surface area contributed by atoms with Crippen molar-refractivity contribution >= 4 is 11.6 Å². The van der Waals surface area contributed by atoms with E-state index in [0.717, 1.165) is 0 Å². The number of rotatable bonds is 3. The fraction of sp³-hybridized carbons (Fsp3) is 0.182. The van der Waals surface area contributed by atoms with Gasteiger partial charge < -0.3 is 9.51 Å². The van der Waals surface area contributed by atoms with Gasteiger partial charge in [-0.25, -0.2) is 9.37 Å². The molecule has 0 radical (unpaired) electrons. The van der Waals surface area contributed by atoms with Gasteiger partial charge in [0.1, 0.15) is 0 Å². The van der Waals surface area contributed by atoms with Crippen molar-refractivity contribution in [3.8, 4) is 6.07 Å². The second kappa shape index (κ2) is 4.22. The van der Waals surface area contributed by atoms with E-state index in [1.165, 1.54) is 16.5 Å². The number of aliphatic carboxylic acids is 1. The predicted octanol–water partition coefficient (Wildman–Crippen LogP) is 1.17. The summed E-state index contributed by atoms with van der Waals surface area (Å²) in [6.07, 6.45) is 1.23. The van der Waals surface area contributed by atoms with Gasteiger partial charge in [-0.1, -0.05) is 0 Å². The summed E-state index contributed by atoms with van der Waals surface area (Å²) in [4.78, 5) is 14.6. The third kappa shape index (κ3) is 1.95. The number of carboxylic acids is 1. The van der Waals surface area contributed by atoms with Crippen LogP contribution in [0.4, 0.5) is 4.39 Å². The van der Waals surface area contributed by atoms with Gasteiger partial charge in [-0.15, -0.1) is 0 Å². The van der Waals surface area contributed by atoms with Crippen molar-refractivity contribution in [3.63, 3.8) is 0 Å². The summed E-state index contributed by atoms with van der Waals surface area (Å²) in [5.41, 5.74) is 0.697. The van der Waals surface area contributed by atoms with E-state index in [0.29, 0.717) is 5.69 Å². The zero-order valence-electron chi connectivity index (χ0n) is 8.72. The number of fused-ring (bicyclic) bond motifs is 1. The SMILES string of the molecule is N#CCc1c(CC(=O)O)nc2c(F)cccn12. The van der Waals surface area contributed by atoms with Crippen molar-refractivity contribution in [1.29, 1.82) is 5.26 Å². The molecular weight excluding hydrogens is 225 g/mol. The molecule has 0 spiro atoms. The third-order valence-corrected chi connectivity index (χ3v) is 2.35. The molecule has 0 saturated heterocycles. The second-order valence-corrected chi connectivity index (χ2v) is 3.46. The Morgan fingerprint density at radius 3 is 3.06 bits per heavy atom. The number of imidazole rings is 1. The molecule has 5 nitrogen and oxygen atoms in total. The average molecular weight is 233 g/mol. The van der Waals surface area contributed by atoms with Gasteiger partial charge in [0, 0.05) is 6.20 Å². The number of nitriles is 1. The quantitative estimate of drug-likeness (QED) is 0.862. The first kappa shape index (κ1) is 11.1. The van der Waals surface area contributed by atoms with Crippen molar-refractivity contribution in [1.82, 2.24) is 9.38 Å². The van der Waals surface area contributed by atoms with E-state index < -0.39 is 11.8 Å². The topological polar surface area (TPSA) is 78.4 Å². The highest BCUT2D eigenvalue weighted by molar-refractivity contribution is 5.70. The normalized spacial score (nSPS) is 10.4. The standard InChI is InChI=1S/C11H8FN3O2/c12-7-2-1-5-15-9(3-4-13)8(6-10(16)17)14-11(7)15/h1-2,5H,3,6H2,(H,16,17). The first-order chi connectivity index (χ1) is 8.13. The molecule has 1 N–H and O–H groups in total. The molecule has 0 atom stereocenters. The summed E-state index contributed by atoms with van der Waals surface area (Å²) in [5, 5.41) is 17.4. The fourth-order valence-corrected chi connectivity index (χ4v) is 1.68. The lowest BCUT2D eigenvalue weighted by Crippen LogP contribution is -2.04. The molecule has 0 bridgehead atoms. The number of hydrogen-bond donors (Lipinski definition) is 1. The van der Waals surface area contributed by atoms with E-state index in [4.69, 9.17) is 10.4 Å². The largest absolute Gasteiger partial charge is 0.481 e. The summed E-state index contributed by atoms with van der Waals surface area (Å²) >= 11 is 0. The first-order valence-corrected chi connectivity index (χ1v) is 4.86. The second-order valence-electron chi connectivity index (χ2n) is 3.46. The van der Waals surface area contributed by atoms with E-state index in [1.807, 2.05) is 6.07 Å². The van der Waals surface area contributed by atoms with E-state index in [2.05, 4.69) is 4.98 Å². The number of carbonyl (C=O) groups is 1. The molecule has 0 amide bonds. The Labute approximate surface area is 95.7 Å². The van der Waals surface area contributed by atoms with Gasteiger partial charge >= 0.3 is 5.97 Å². The third-order valence-electron chi connectivity index (χ3n) is 2.35. The lowest BCUT2D eigenvalue weighted by atomic mass is 10.2. The predicted molar refractivity (Wildman–Crippen MR) is 55.8 cm³/mol. The van der Waals surface area contributed by atoms with Crippen LogP contribution < -0.4 is 0 Å². The van der Waals surface area contributed by atoms with Gasteiger partial charge in [0.05, 0.1) is 30.3 Å². The highest BCUT2D eigenvalue weighted by Crippen LogP contribution is 2.16. The van der Waals surface area contributed by atoms with Gasteiger partial charge in [0.15, 0.2) is 11.5 Å². The molecule has 2 aromatic rings. The Morgan fingerprint density at radius 1 is 1.65 bits per heavy atom. The minimum Gasteiger partial charge on any atom is -0.481 e. The Hall–Kier alpha value is -2.42. The molecule has 17 heavy (non-hydrogen) atoms. The van der Waals surface area contributed by atoms with Gasteiger partial charge in [-0.05, 0) is 12.1 Å². The Bertz CT molecular complexity index is 627. The molecule has 0 fully saturated rings.